The number of amides is 1. The fourth-order valence-electron chi connectivity index (χ4n) is 2.08. The first-order chi connectivity index (χ1) is 9.79. The Morgan fingerprint density at radius 1 is 1.24 bits per heavy atom. The minimum Gasteiger partial charge on any atom is -0.480 e. The fraction of sp³-hybridized carbons (Fsp3) is 0.312. The van der Waals surface area contributed by atoms with Crippen LogP contribution in [0.5, 0.6) is 0 Å². The average molecular weight is 286 g/mol. The van der Waals surface area contributed by atoms with Gasteiger partial charge in [-0.3, -0.25) is 9.78 Å². The lowest BCUT2D eigenvalue weighted by molar-refractivity contribution is -0.142. The molecule has 0 bridgehead atoms. The van der Waals surface area contributed by atoms with Crippen LogP contribution in [-0.2, 0) is 4.79 Å². The molecule has 2 rings (SSSR count). The second kappa shape index (κ2) is 5.52. The number of aliphatic carboxylic acids is 1. The summed E-state index contributed by atoms with van der Waals surface area (Å²) >= 11 is 0. The predicted octanol–water partition coefficient (Wildman–Crippen LogP) is 2.46. The first-order valence-electron chi connectivity index (χ1n) is 6.67. The smallest absolute Gasteiger partial charge is 0.326 e. The highest BCUT2D eigenvalue weighted by atomic mass is 16.4. The van der Waals surface area contributed by atoms with E-state index in [1.807, 2.05) is 6.07 Å². The number of carboxylic acid groups (broad SMARTS) is 1. The number of carbonyl (C=O) groups is 2. The van der Waals surface area contributed by atoms with Gasteiger partial charge >= 0.3 is 5.97 Å². The zero-order valence-corrected chi connectivity index (χ0v) is 12.3. The highest BCUT2D eigenvalue weighted by Crippen LogP contribution is 2.20. The van der Waals surface area contributed by atoms with Crippen molar-refractivity contribution in [1.82, 2.24) is 10.3 Å². The highest BCUT2D eigenvalue weighted by Gasteiger charge is 2.32. The van der Waals surface area contributed by atoms with E-state index in [9.17, 15) is 14.7 Å². The number of aromatic nitrogens is 1. The maximum atomic E-state index is 12.3. The number of carboxylic acids is 1. The molecule has 0 spiro atoms. The third-order valence-corrected chi connectivity index (χ3v) is 3.25. The van der Waals surface area contributed by atoms with Gasteiger partial charge in [0.1, 0.15) is 6.04 Å². The molecule has 0 radical (unpaired) electrons. The SMILES string of the molecule is CC(C)(C)[C@H](NC(=O)c1ccc2ncccc2c1)C(=O)O. The van der Waals surface area contributed by atoms with E-state index in [0.717, 1.165) is 10.9 Å². The number of nitrogens with one attached hydrogen (secondary N) is 1. The third-order valence-electron chi connectivity index (χ3n) is 3.25. The summed E-state index contributed by atoms with van der Waals surface area (Å²) in [5.41, 5.74) is 0.644. The van der Waals surface area contributed by atoms with Crippen LogP contribution in [0.25, 0.3) is 10.9 Å². The van der Waals surface area contributed by atoms with Gasteiger partial charge in [0.15, 0.2) is 0 Å². The number of hydrogen-bond donors (Lipinski definition) is 2. The molecule has 0 aliphatic heterocycles. The largest absolute Gasteiger partial charge is 0.480 e. The normalized spacial score (nSPS) is 12.9. The Morgan fingerprint density at radius 2 is 1.95 bits per heavy atom. The lowest BCUT2D eigenvalue weighted by Gasteiger charge is -2.27. The van der Waals surface area contributed by atoms with Crippen molar-refractivity contribution in [2.24, 2.45) is 5.41 Å². The van der Waals surface area contributed by atoms with Gasteiger partial charge in [0.25, 0.3) is 5.91 Å². The average Bonchev–Trinajstić information content (AvgIpc) is 2.42. The molecule has 1 atom stereocenters. The van der Waals surface area contributed by atoms with Crippen molar-refractivity contribution in [3.8, 4) is 0 Å². The molecule has 1 heterocycles. The number of rotatable bonds is 3. The number of fused-ring (bicyclic) bond motifs is 1. The molecule has 0 saturated heterocycles. The fourth-order valence-corrected chi connectivity index (χ4v) is 2.08. The minimum atomic E-state index is -1.04. The van der Waals surface area contributed by atoms with Gasteiger partial charge in [-0.1, -0.05) is 26.8 Å². The summed E-state index contributed by atoms with van der Waals surface area (Å²) in [6.45, 7) is 5.32. The summed E-state index contributed by atoms with van der Waals surface area (Å²) in [6, 6.07) is 7.80. The van der Waals surface area contributed by atoms with Crippen molar-refractivity contribution in [3.63, 3.8) is 0 Å². The van der Waals surface area contributed by atoms with Gasteiger partial charge in [0, 0.05) is 17.1 Å². The molecule has 0 aliphatic carbocycles. The van der Waals surface area contributed by atoms with E-state index in [-0.39, 0.29) is 0 Å². The quantitative estimate of drug-likeness (QED) is 0.908. The molecule has 2 N–H and O–H groups in total. The Balaban J connectivity index is 2.27. The Hall–Kier alpha value is -2.43. The molecule has 5 nitrogen and oxygen atoms in total. The van der Waals surface area contributed by atoms with E-state index in [0.29, 0.717) is 5.56 Å². The number of nitrogens with zero attached hydrogens (tertiary/aromatic N) is 1. The molecule has 0 saturated carbocycles. The van der Waals surface area contributed by atoms with Gasteiger partial charge in [0.05, 0.1) is 5.52 Å². The van der Waals surface area contributed by atoms with Gasteiger partial charge in [0.2, 0.25) is 0 Å². The predicted molar refractivity (Wildman–Crippen MR) is 80.1 cm³/mol. The zero-order valence-electron chi connectivity index (χ0n) is 12.3. The monoisotopic (exact) mass is 286 g/mol. The van der Waals surface area contributed by atoms with Crippen LogP contribution in [0.3, 0.4) is 0 Å². The van der Waals surface area contributed by atoms with Crippen LogP contribution < -0.4 is 5.32 Å². The number of carbonyl (C=O) groups excluding carboxylic acids is 1. The first kappa shape index (κ1) is 15.0. The van der Waals surface area contributed by atoms with Crippen LogP contribution in [-0.4, -0.2) is 28.0 Å². The van der Waals surface area contributed by atoms with Crippen molar-refractivity contribution < 1.29 is 14.7 Å². The van der Waals surface area contributed by atoms with E-state index in [1.165, 1.54) is 0 Å². The summed E-state index contributed by atoms with van der Waals surface area (Å²) in [4.78, 5) is 27.7. The molecule has 1 amide bonds. The van der Waals surface area contributed by atoms with Crippen molar-refractivity contribution >= 4 is 22.8 Å². The summed E-state index contributed by atoms with van der Waals surface area (Å²) < 4.78 is 0. The van der Waals surface area contributed by atoms with Crippen LogP contribution in [0.1, 0.15) is 31.1 Å². The Morgan fingerprint density at radius 3 is 2.57 bits per heavy atom. The van der Waals surface area contributed by atoms with Gasteiger partial charge in [-0.05, 0) is 29.7 Å². The van der Waals surface area contributed by atoms with Crippen molar-refractivity contribution in [2.75, 3.05) is 0 Å². The second-order valence-corrected chi connectivity index (χ2v) is 6.02. The molecule has 0 unspecified atom stereocenters. The van der Waals surface area contributed by atoms with Crippen LogP contribution >= 0.6 is 0 Å². The van der Waals surface area contributed by atoms with E-state index in [1.54, 1.807) is 51.2 Å². The van der Waals surface area contributed by atoms with Gasteiger partial charge in [-0.15, -0.1) is 0 Å². The van der Waals surface area contributed by atoms with Crippen LogP contribution in [0.4, 0.5) is 0 Å². The topological polar surface area (TPSA) is 79.3 Å². The van der Waals surface area contributed by atoms with E-state index in [4.69, 9.17) is 0 Å². The highest BCUT2D eigenvalue weighted by molar-refractivity contribution is 5.99. The molecule has 1 aromatic heterocycles. The molecule has 0 fully saturated rings. The molecule has 2 aromatic rings. The zero-order chi connectivity index (χ0) is 15.6. The summed E-state index contributed by atoms with van der Waals surface area (Å²) in [5, 5.41) is 12.7. The Labute approximate surface area is 123 Å². The molecule has 110 valence electrons. The van der Waals surface area contributed by atoms with Crippen LogP contribution in [0.15, 0.2) is 36.5 Å². The molecule has 5 heteroatoms. The molecular weight excluding hydrogens is 268 g/mol. The molecular formula is C16H18N2O3. The lowest BCUT2D eigenvalue weighted by atomic mass is 9.86. The van der Waals surface area contributed by atoms with Gasteiger partial charge in [-0.25, -0.2) is 4.79 Å². The Kier molecular flexibility index (Phi) is 3.93. The Bertz CT molecular complexity index is 689. The number of pyridine rings is 1. The van der Waals surface area contributed by atoms with Crippen molar-refractivity contribution in [1.29, 1.82) is 0 Å². The maximum Gasteiger partial charge on any atom is 0.326 e. The molecule has 1 aromatic carbocycles. The van der Waals surface area contributed by atoms with Crippen LogP contribution in [0.2, 0.25) is 0 Å². The summed E-state index contributed by atoms with van der Waals surface area (Å²) in [6.07, 6.45) is 1.68. The standard InChI is InChI=1S/C16H18N2O3/c1-16(2,3)13(15(20)21)18-14(19)11-6-7-12-10(9-11)5-4-8-17-12/h4-9,13H,1-3H3,(H,18,19)(H,20,21)/t13-/m1/s1. The van der Waals surface area contributed by atoms with Crippen molar-refractivity contribution in [2.45, 2.75) is 26.8 Å². The number of benzene rings is 1. The molecule has 21 heavy (non-hydrogen) atoms. The van der Waals surface area contributed by atoms with E-state index < -0.39 is 23.3 Å². The summed E-state index contributed by atoms with van der Waals surface area (Å²) in [5.74, 6) is -1.44. The first-order valence-corrected chi connectivity index (χ1v) is 6.67. The van der Waals surface area contributed by atoms with E-state index in [2.05, 4.69) is 10.3 Å². The summed E-state index contributed by atoms with van der Waals surface area (Å²) in [7, 11) is 0. The van der Waals surface area contributed by atoms with Gasteiger partial charge < -0.3 is 10.4 Å². The number of hydrogen-bond acceptors (Lipinski definition) is 3. The lowest BCUT2D eigenvalue weighted by Crippen LogP contribution is -2.49. The van der Waals surface area contributed by atoms with E-state index >= 15 is 0 Å². The second-order valence-electron chi connectivity index (χ2n) is 6.02. The van der Waals surface area contributed by atoms with Gasteiger partial charge in [-0.2, -0.15) is 0 Å². The minimum absolute atomic E-state index is 0.400. The molecule has 0 aliphatic rings. The van der Waals surface area contributed by atoms with Crippen molar-refractivity contribution in [3.05, 3.63) is 42.1 Å². The third kappa shape index (κ3) is 3.37. The maximum absolute atomic E-state index is 12.3. The van der Waals surface area contributed by atoms with Crippen LogP contribution in [0, 0.1) is 5.41 Å².